The number of nitrogens with one attached hydrogen (secondary N) is 1. The zero-order valence-electron chi connectivity index (χ0n) is 22.7. The summed E-state index contributed by atoms with van der Waals surface area (Å²) < 4.78 is 2.04. The number of aromatic nitrogens is 1. The third kappa shape index (κ3) is 4.03. The fourth-order valence-corrected chi connectivity index (χ4v) is 8.52. The maximum absolute atomic E-state index is 13.6. The number of imide groups is 2. The normalized spacial score (nSPS) is 28.5. The van der Waals surface area contributed by atoms with E-state index >= 15 is 0 Å². The highest BCUT2D eigenvalue weighted by atomic mass is 35.5. The maximum atomic E-state index is 13.6. The monoisotopic (exact) mass is 553 g/mol. The molecule has 0 spiro atoms. The molecule has 1 saturated heterocycles. The number of barbiturate groups is 1. The molecule has 6 nitrogen and oxygen atoms in total. The molecule has 1 aromatic heterocycles. The molecule has 8 rings (SSSR count). The number of urea groups is 1. The SMILES string of the molecule is Cc1cc(/C=C2\C(=O)NC(=O)N(c3ccc(C45CC6CC(CC(C6)C4)C5)cc3)C2=O)c(C)n1-c1ccc(Cl)cc1. The van der Waals surface area contributed by atoms with Gasteiger partial charge in [0.05, 0.1) is 5.69 Å². The smallest absolute Gasteiger partial charge is 0.318 e. The third-order valence-corrected chi connectivity index (χ3v) is 9.98. The van der Waals surface area contributed by atoms with Crippen LogP contribution in [0.1, 0.15) is 61.0 Å². The summed E-state index contributed by atoms with van der Waals surface area (Å²) in [5.41, 5.74) is 5.44. The molecule has 1 N–H and O–H groups in total. The maximum Gasteiger partial charge on any atom is 0.335 e. The molecule has 204 valence electrons. The molecular weight excluding hydrogens is 522 g/mol. The number of carbonyl (C=O) groups is 3. The number of carbonyl (C=O) groups excluding carboxylic acids is 3. The number of amides is 4. The van der Waals surface area contributed by atoms with Gasteiger partial charge in [-0.25, -0.2) is 9.69 Å². The molecule has 0 atom stereocenters. The van der Waals surface area contributed by atoms with E-state index in [0.29, 0.717) is 10.7 Å². The summed E-state index contributed by atoms with van der Waals surface area (Å²) in [7, 11) is 0. The molecular formula is C33H32ClN3O3. The quantitative estimate of drug-likeness (QED) is 0.283. The van der Waals surface area contributed by atoms with E-state index in [4.69, 9.17) is 11.6 Å². The molecule has 0 radical (unpaired) electrons. The van der Waals surface area contributed by atoms with Crippen LogP contribution in [0.3, 0.4) is 0 Å². The highest BCUT2D eigenvalue weighted by Crippen LogP contribution is 2.60. The summed E-state index contributed by atoms with van der Waals surface area (Å²) >= 11 is 6.07. The first-order valence-corrected chi connectivity index (χ1v) is 14.6. The van der Waals surface area contributed by atoms with Crippen molar-refractivity contribution in [2.75, 3.05) is 4.90 Å². The van der Waals surface area contributed by atoms with E-state index in [9.17, 15) is 14.4 Å². The number of benzene rings is 2. The van der Waals surface area contributed by atoms with Crippen LogP contribution in [0.15, 0.2) is 60.2 Å². The largest absolute Gasteiger partial charge is 0.335 e. The van der Waals surface area contributed by atoms with Gasteiger partial charge >= 0.3 is 6.03 Å². The molecule has 7 heteroatoms. The van der Waals surface area contributed by atoms with Crippen LogP contribution in [-0.2, 0) is 15.0 Å². The van der Waals surface area contributed by atoms with E-state index < -0.39 is 17.8 Å². The van der Waals surface area contributed by atoms with Crippen molar-refractivity contribution >= 4 is 41.2 Å². The summed E-state index contributed by atoms with van der Waals surface area (Å²) in [5, 5.41) is 3.02. The number of nitrogens with zero attached hydrogens (tertiary/aromatic N) is 2. The van der Waals surface area contributed by atoms with E-state index in [-0.39, 0.29) is 11.0 Å². The van der Waals surface area contributed by atoms with Crippen LogP contribution in [0.2, 0.25) is 5.02 Å². The molecule has 4 amide bonds. The van der Waals surface area contributed by atoms with Gasteiger partial charge in [0, 0.05) is 22.1 Å². The predicted octanol–water partition coefficient (Wildman–Crippen LogP) is 6.88. The van der Waals surface area contributed by atoms with Gasteiger partial charge in [-0.05, 0) is 135 Å². The average Bonchev–Trinajstić information content (AvgIpc) is 3.19. The molecule has 4 bridgehead atoms. The molecule has 2 heterocycles. The van der Waals surface area contributed by atoms with Gasteiger partial charge in [0.15, 0.2) is 0 Å². The second-order valence-corrected chi connectivity index (χ2v) is 12.8. The van der Waals surface area contributed by atoms with Crippen LogP contribution in [0.5, 0.6) is 0 Å². The Morgan fingerprint density at radius 3 is 2.02 bits per heavy atom. The highest BCUT2D eigenvalue weighted by Gasteiger charge is 2.51. The van der Waals surface area contributed by atoms with Gasteiger partial charge in [0.1, 0.15) is 5.57 Å². The van der Waals surface area contributed by atoms with Gasteiger partial charge in [-0.3, -0.25) is 14.9 Å². The fourth-order valence-electron chi connectivity index (χ4n) is 8.40. The van der Waals surface area contributed by atoms with Gasteiger partial charge < -0.3 is 4.57 Å². The minimum atomic E-state index is -0.721. The number of rotatable bonds is 4. The van der Waals surface area contributed by atoms with Gasteiger partial charge in [-0.15, -0.1) is 0 Å². The second-order valence-electron chi connectivity index (χ2n) is 12.3. The first-order valence-electron chi connectivity index (χ1n) is 14.2. The number of hydrogen-bond acceptors (Lipinski definition) is 3. The van der Waals surface area contributed by atoms with Crippen molar-refractivity contribution < 1.29 is 14.4 Å². The Morgan fingerprint density at radius 1 is 0.850 bits per heavy atom. The Morgan fingerprint density at radius 2 is 1.43 bits per heavy atom. The Balaban J connectivity index is 1.19. The van der Waals surface area contributed by atoms with Gasteiger partial charge in [0.2, 0.25) is 0 Å². The van der Waals surface area contributed by atoms with Crippen molar-refractivity contribution in [1.29, 1.82) is 0 Å². The van der Waals surface area contributed by atoms with Crippen LogP contribution < -0.4 is 10.2 Å². The molecule has 3 aromatic rings. The standard InChI is InChI=1S/C33H32ClN3O3/c1-19-11-24(20(2)36(19)27-9-5-26(34)6-10-27)15-29-30(38)35-32(40)37(31(29)39)28-7-3-25(4-8-28)33-16-21-12-22(17-33)14-23(13-21)18-33/h3-11,15,21-23H,12-14,16-18H2,1-2H3,(H,35,38,40)/b29-15+. The lowest BCUT2D eigenvalue weighted by Gasteiger charge is -2.57. The number of hydrogen-bond donors (Lipinski definition) is 1. The zero-order chi connectivity index (χ0) is 27.8. The van der Waals surface area contributed by atoms with Gasteiger partial charge in [-0.1, -0.05) is 23.7 Å². The molecule has 0 unspecified atom stereocenters. The Bertz CT molecular complexity index is 1550. The first-order chi connectivity index (χ1) is 19.2. The minimum Gasteiger partial charge on any atom is -0.318 e. The summed E-state index contributed by atoms with van der Waals surface area (Å²) in [6.45, 7) is 3.90. The average molecular weight is 554 g/mol. The lowest BCUT2D eigenvalue weighted by Crippen LogP contribution is -2.54. The van der Waals surface area contributed by atoms with Crippen LogP contribution in [-0.4, -0.2) is 22.4 Å². The Labute approximate surface area is 239 Å². The van der Waals surface area contributed by atoms with Crippen molar-refractivity contribution in [1.82, 2.24) is 9.88 Å². The molecule has 5 fully saturated rings. The summed E-state index contributed by atoms with van der Waals surface area (Å²) in [4.78, 5) is 40.4. The van der Waals surface area contributed by atoms with Crippen molar-refractivity contribution in [2.45, 2.75) is 57.8 Å². The van der Waals surface area contributed by atoms with E-state index in [1.54, 1.807) is 6.08 Å². The Kier molecular flexibility index (Phi) is 5.83. The fraction of sp³-hybridized carbons (Fsp3) is 0.364. The minimum absolute atomic E-state index is 0.0684. The predicted molar refractivity (Wildman–Crippen MR) is 156 cm³/mol. The topological polar surface area (TPSA) is 71.4 Å². The lowest BCUT2D eigenvalue weighted by molar-refractivity contribution is -0.122. The third-order valence-electron chi connectivity index (χ3n) is 9.73. The van der Waals surface area contributed by atoms with Crippen LogP contribution in [0, 0.1) is 31.6 Å². The molecule has 5 aliphatic rings. The molecule has 1 aliphatic heterocycles. The van der Waals surface area contributed by atoms with Crippen molar-refractivity contribution in [3.05, 3.63) is 87.7 Å². The van der Waals surface area contributed by atoms with Crippen LogP contribution in [0.4, 0.5) is 10.5 Å². The summed E-state index contributed by atoms with van der Waals surface area (Å²) in [6, 6.07) is 16.6. The number of aryl methyl sites for hydroxylation is 1. The van der Waals surface area contributed by atoms with Gasteiger partial charge in [-0.2, -0.15) is 0 Å². The van der Waals surface area contributed by atoms with Crippen LogP contribution in [0.25, 0.3) is 11.8 Å². The molecule has 4 aliphatic carbocycles. The summed E-state index contributed by atoms with van der Waals surface area (Å²) in [5.74, 6) is 1.20. The molecule has 40 heavy (non-hydrogen) atoms. The number of anilines is 1. The summed E-state index contributed by atoms with van der Waals surface area (Å²) in [6.07, 6.45) is 9.46. The highest BCUT2D eigenvalue weighted by molar-refractivity contribution is 6.39. The molecule has 2 aromatic carbocycles. The first kappa shape index (κ1) is 25.3. The molecule has 4 saturated carbocycles. The van der Waals surface area contributed by atoms with Gasteiger partial charge in [0.25, 0.3) is 11.8 Å². The Hall–Kier alpha value is -3.64. The van der Waals surface area contributed by atoms with Crippen LogP contribution >= 0.6 is 11.6 Å². The van der Waals surface area contributed by atoms with E-state index in [1.165, 1.54) is 44.1 Å². The van der Waals surface area contributed by atoms with E-state index in [2.05, 4.69) is 17.4 Å². The number of halogens is 1. The van der Waals surface area contributed by atoms with E-state index in [0.717, 1.165) is 45.3 Å². The zero-order valence-corrected chi connectivity index (χ0v) is 23.5. The van der Waals surface area contributed by atoms with Crippen molar-refractivity contribution in [3.8, 4) is 5.69 Å². The van der Waals surface area contributed by atoms with Crippen molar-refractivity contribution in [3.63, 3.8) is 0 Å². The lowest BCUT2D eigenvalue weighted by atomic mass is 9.48. The van der Waals surface area contributed by atoms with Crippen molar-refractivity contribution in [2.24, 2.45) is 17.8 Å². The second kappa shape index (κ2) is 9.20. The van der Waals surface area contributed by atoms with E-state index in [1.807, 2.05) is 60.9 Å².